The monoisotopic (exact) mass is 429 g/mol. The molecule has 0 aliphatic carbocycles. The molecule has 30 heavy (non-hydrogen) atoms. The summed E-state index contributed by atoms with van der Waals surface area (Å²) in [6.07, 6.45) is 7.69. The van der Waals surface area contributed by atoms with E-state index in [2.05, 4.69) is 39.5 Å². The number of fused-ring (bicyclic) bond motifs is 1. The number of hydrogen-bond acceptors (Lipinski definition) is 5. The van der Waals surface area contributed by atoms with Crippen LogP contribution in [-0.4, -0.2) is 52.7 Å². The molecule has 3 aromatic rings. The summed E-state index contributed by atoms with van der Waals surface area (Å²) in [4.78, 5) is 20.2. The molecule has 0 aromatic carbocycles. The maximum atomic E-state index is 12.5. The van der Waals surface area contributed by atoms with Crippen LogP contribution in [0.5, 0.6) is 0 Å². The zero-order valence-electron chi connectivity index (χ0n) is 18.4. The highest BCUT2D eigenvalue weighted by Gasteiger charge is 2.18. The third-order valence-corrected chi connectivity index (χ3v) is 6.30. The number of carbonyl (C=O) groups is 1. The van der Waals surface area contributed by atoms with Crippen molar-refractivity contribution < 1.29 is 10.1 Å². The van der Waals surface area contributed by atoms with Crippen molar-refractivity contribution in [1.82, 2.24) is 19.9 Å². The van der Waals surface area contributed by atoms with E-state index >= 15 is 0 Å². The van der Waals surface area contributed by atoms with Gasteiger partial charge in [0.25, 0.3) is 5.91 Å². The first-order chi connectivity index (χ1) is 14.7. The van der Waals surface area contributed by atoms with E-state index in [-0.39, 0.29) is 11.9 Å². The number of quaternary nitrogens is 1. The van der Waals surface area contributed by atoms with Crippen LogP contribution in [0.2, 0.25) is 0 Å². The molecule has 0 unspecified atom stereocenters. The summed E-state index contributed by atoms with van der Waals surface area (Å²) in [6, 6.07) is 2.16. The summed E-state index contributed by atoms with van der Waals surface area (Å²) >= 11 is 1.46. The van der Waals surface area contributed by atoms with E-state index in [1.165, 1.54) is 11.3 Å². The second-order valence-electron chi connectivity index (χ2n) is 7.18. The van der Waals surface area contributed by atoms with Crippen LogP contribution in [0.25, 0.3) is 16.8 Å². The number of hydrogen-bond donors (Lipinski definition) is 2. The van der Waals surface area contributed by atoms with Crippen LogP contribution in [0.3, 0.4) is 0 Å². The molecule has 1 saturated heterocycles. The minimum Gasteiger partial charge on any atom is -0.358 e. The number of piperazine rings is 1. The average molecular weight is 430 g/mol. The van der Waals surface area contributed by atoms with Gasteiger partial charge in [0.05, 0.1) is 55.3 Å². The molecule has 0 atom stereocenters. The minimum absolute atomic E-state index is 0.00132. The number of nitrogens with two attached hydrogens (primary N) is 1. The normalized spacial score (nSPS) is 14.0. The molecular formula is C22H33N6OS+. The van der Waals surface area contributed by atoms with E-state index in [1.54, 1.807) is 0 Å². The molecule has 1 aliphatic rings. The third-order valence-electron chi connectivity index (χ3n) is 5.37. The highest BCUT2D eigenvalue weighted by atomic mass is 32.1. The minimum atomic E-state index is -0.00132. The van der Waals surface area contributed by atoms with Gasteiger partial charge in [0.2, 0.25) is 0 Å². The van der Waals surface area contributed by atoms with E-state index < -0.39 is 0 Å². The Bertz CT molecular complexity index is 956. The molecule has 162 valence electrons. The van der Waals surface area contributed by atoms with Crippen molar-refractivity contribution in [3.63, 3.8) is 0 Å². The highest BCUT2D eigenvalue weighted by molar-refractivity contribution is 7.12. The van der Waals surface area contributed by atoms with E-state index in [4.69, 9.17) is 0 Å². The fourth-order valence-corrected chi connectivity index (χ4v) is 4.40. The van der Waals surface area contributed by atoms with Crippen molar-refractivity contribution in [2.24, 2.45) is 0 Å². The molecule has 3 N–H and O–H groups in total. The fourth-order valence-electron chi connectivity index (χ4n) is 3.59. The van der Waals surface area contributed by atoms with Crippen molar-refractivity contribution in [2.45, 2.75) is 46.6 Å². The summed E-state index contributed by atoms with van der Waals surface area (Å²) in [5, 5.41) is 11.9. The van der Waals surface area contributed by atoms with Gasteiger partial charge in [-0.25, -0.2) is 9.50 Å². The number of nitrogens with zero attached hydrogens (tertiary/aromatic N) is 4. The van der Waals surface area contributed by atoms with Gasteiger partial charge >= 0.3 is 0 Å². The first-order valence-corrected chi connectivity index (χ1v) is 11.9. The Kier molecular flexibility index (Phi) is 7.81. The number of aromatic nitrogens is 3. The lowest BCUT2D eigenvalue weighted by atomic mass is 10.1. The number of thiophene rings is 1. The van der Waals surface area contributed by atoms with Crippen LogP contribution in [0, 0.1) is 0 Å². The van der Waals surface area contributed by atoms with Crippen molar-refractivity contribution in [3.05, 3.63) is 34.9 Å². The number of nitrogens with one attached hydrogen (secondary N) is 1. The molecule has 8 heteroatoms. The van der Waals surface area contributed by atoms with E-state index in [9.17, 15) is 4.79 Å². The summed E-state index contributed by atoms with van der Waals surface area (Å²) in [5.74, 6) is -0.00132. The number of anilines is 1. The molecular weight excluding hydrogens is 396 g/mol. The average Bonchev–Trinajstić information content (AvgIpc) is 3.46. The molecule has 1 aliphatic heterocycles. The zero-order chi connectivity index (χ0) is 21.5. The molecule has 4 heterocycles. The summed E-state index contributed by atoms with van der Waals surface area (Å²) in [7, 11) is 0. The molecule has 4 rings (SSSR count). The topological polar surface area (TPSA) is 79.1 Å². The quantitative estimate of drug-likeness (QED) is 0.632. The first kappa shape index (κ1) is 22.2. The van der Waals surface area contributed by atoms with Gasteiger partial charge in [0.1, 0.15) is 0 Å². The number of carbonyl (C=O) groups excluding carboxylic acids is 1. The Morgan fingerprint density at radius 2 is 1.97 bits per heavy atom. The maximum absolute atomic E-state index is 12.5. The maximum Gasteiger partial charge on any atom is 0.261 e. The van der Waals surface area contributed by atoms with Gasteiger partial charge < -0.3 is 15.5 Å². The van der Waals surface area contributed by atoms with Gasteiger partial charge in [-0.2, -0.15) is 5.10 Å². The molecule has 7 nitrogen and oxygen atoms in total. The Morgan fingerprint density at radius 3 is 2.67 bits per heavy atom. The third kappa shape index (κ3) is 4.82. The lowest BCUT2D eigenvalue weighted by Crippen LogP contribution is -2.89. The Morgan fingerprint density at radius 1 is 1.23 bits per heavy atom. The van der Waals surface area contributed by atoms with Gasteiger partial charge in [-0.1, -0.05) is 27.7 Å². The lowest BCUT2D eigenvalue weighted by molar-refractivity contribution is -0.655. The Balaban J connectivity index is 0.00000124. The SMILES string of the molecule is CC.CCC(CC)NC(=O)c1cc(-c2cnn3cc(N4CC[NH2+]CC4)cnc23)cs1. The molecule has 1 amide bonds. The summed E-state index contributed by atoms with van der Waals surface area (Å²) < 4.78 is 1.84. The smallest absolute Gasteiger partial charge is 0.261 e. The Labute approximate surface area is 182 Å². The summed E-state index contributed by atoms with van der Waals surface area (Å²) in [6.45, 7) is 12.5. The van der Waals surface area contributed by atoms with Gasteiger partial charge in [-0.3, -0.25) is 4.79 Å². The van der Waals surface area contributed by atoms with Gasteiger partial charge in [0.15, 0.2) is 5.65 Å². The van der Waals surface area contributed by atoms with Crippen LogP contribution >= 0.6 is 11.3 Å². The van der Waals surface area contributed by atoms with Gasteiger partial charge in [-0.15, -0.1) is 11.3 Å². The van der Waals surface area contributed by atoms with Gasteiger partial charge in [-0.05, 0) is 29.9 Å². The predicted molar refractivity (Wildman–Crippen MR) is 123 cm³/mol. The summed E-state index contributed by atoms with van der Waals surface area (Å²) in [5.41, 5.74) is 3.86. The van der Waals surface area contributed by atoms with Crippen LogP contribution in [0.4, 0.5) is 5.69 Å². The molecule has 0 spiro atoms. The lowest BCUT2D eigenvalue weighted by Gasteiger charge is -2.26. The second-order valence-corrected chi connectivity index (χ2v) is 8.09. The molecule has 3 aromatic heterocycles. The zero-order valence-corrected chi connectivity index (χ0v) is 19.2. The van der Waals surface area contributed by atoms with Crippen molar-refractivity contribution in [1.29, 1.82) is 0 Å². The molecule has 0 radical (unpaired) electrons. The van der Waals surface area contributed by atoms with Crippen LogP contribution in [0.1, 0.15) is 50.2 Å². The van der Waals surface area contributed by atoms with E-state index in [1.807, 2.05) is 48.4 Å². The number of amides is 1. The fraction of sp³-hybridized carbons (Fsp3) is 0.500. The predicted octanol–water partition coefficient (Wildman–Crippen LogP) is 2.79. The highest BCUT2D eigenvalue weighted by Crippen LogP contribution is 2.29. The largest absolute Gasteiger partial charge is 0.358 e. The molecule has 1 fully saturated rings. The first-order valence-electron chi connectivity index (χ1n) is 11.0. The van der Waals surface area contributed by atoms with Crippen LogP contribution in [-0.2, 0) is 0 Å². The van der Waals surface area contributed by atoms with E-state index in [0.717, 1.165) is 66.4 Å². The molecule has 0 bridgehead atoms. The van der Waals surface area contributed by atoms with E-state index in [0.29, 0.717) is 0 Å². The number of rotatable bonds is 6. The Hall–Kier alpha value is -2.45. The van der Waals surface area contributed by atoms with Crippen LogP contribution in [0.15, 0.2) is 30.0 Å². The standard InChI is InChI=1S/C20H26N6OS.C2H6/c1-3-15(4-2)24-20(27)18-9-14(13-28-18)17-11-23-26-12-16(10-22-19(17)26)25-7-5-21-6-8-25;1-2/h9-13,15,21H,3-8H2,1-2H3,(H,24,27);1-2H3/p+1. The van der Waals surface area contributed by atoms with Crippen molar-refractivity contribution in [3.8, 4) is 11.1 Å². The van der Waals surface area contributed by atoms with Crippen molar-refractivity contribution in [2.75, 3.05) is 31.1 Å². The second kappa shape index (κ2) is 10.5. The van der Waals surface area contributed by atoms with Gasteiger partial charge in [0, 0.05) is 11.6 Å². The van der Waals surface area contributed by atoms with Crippen molar-refractivity contribution >= 4 is 28.6 Å². The van der Waals surface area contributed by atoms with Crippen LogP contribution < -0.4 is 15.5 Å². The molecule has 0 saturated carbocycles.